The van der Waals surface area contributed by atoms with Gasteiger partial charge in [-0.15, -0.1) is 0 Å². The van der Waals surface area contributed by atoms with E-state index in [1.54, 1.807) is 12.1 Å². The van der Waals surface area contributed by atoms with Gasteiger partial charge < -0.3 is 9.47 Å². The summed E-state index contributed by atoms with van der Waals surface area (Å²) in [5, 5.41) is 1.18. The molecule has 0 N–H and O–H groups in total. The molecule has 0 aliphatic carbocycles. The predicted octanol–water partition coefficient (Wildman–Crippen LogP) is 6.74. The number of hydrogen-bond donors (Lipinski definition) is 0. The van der Waals surface area contributed by atoms with Gasteiger partial charge in [-0.25, -0.2) is 9.59 Å². The maximum Gasteiger partial charge on any atom is 0.343 e. The van der Waals surface area contributed by atoms with Crippen molar-refractivity contribution >= 4 is 58.3 Å². The van der Waals surface area contributed by atoms with Crippen LogP contribution in [-0.4, -0.2) is 11.9 Å². The van der Waals surface area contributed by atoms with E-state index in [1.807, 2.05) is 0 Å². The average molecular weight is 456 g/mol. The molecule has 3 rings (SSSR count). The van der Waals surface area contributed by atoms with Crippen LogP contribution in [0.4, 0.5) is 0 Å². The van der Waals surface area contributed by atoms with E-state index in [2.05, 4.69) is 0 Å². The first-order valence-corrected chi connectivity index (χ1v) is 9.29. The summed E-state index contributed by atoms with van der Waals surface area (Å²) in [4.78, 5) is 24.8. The summed E-state index contributed by atoms with van der Waals surface area (Å²) in [5.41, 5.74) is 0.255. The summed E-state index contributed by atoms with van der Waals surface area (Å²) in [6.45, 7) is 0. The molecular formula is C20H10Cl4O4. The molecule has 4 nitrogen and oxygen atoms in total. The quantitative estimate of drug-likeness (QED) is 0.323. The summed E-state index contributed by atoms with van der Waals surface area (Å²) >= 11 is 23.8. The lowest BCUT2D eigenvalue weighted by atomic mass is 10.1. The number of carbonyl (C=O) groups is 2. The van der Waals surface area contributed by atoms with E-state index in [0.29, 0.717) is 10.0 Å². The molecule has 0 saturated heterocycles. The first-order valence-electron chi connectivity index (χ1n) is 7.78. The van der Waals surface area contributed by atoms with Crippen molar-refractivity contribution in [1.29, 1.82) is 0 Å². The third-order valence-electron chi connectivity index (χ3n) is 3.53. The molecule has 0 aromatic heterocycles. The zero-order chi connectivity index (χ0) is 20.3. The third kappa shape index (κ3) is 4.97. The first-order chi connectivity index (χ1) is 13.3. The van der Waals surface area contributed by atoms with E-state index in [0.717, 1.165) is 0 Å². The highest BCUT2D eigenvalue weighted by Crippen LogP contribution is 2.30. The Hall–Kier alpha value is -2.24. The van der Waals surface area contributed by atoms with Crippen molar-refractivity contribution in [2.75, 3.05) is 0 Å². The minimum Gasteiger partial charge on any atom is -0.421 e. The fourth-order valence-electron chi connectivity index (χ4n) is 2.20. The zero-order valence-corrected chi connectivity index (χ0v) is 16.9. The molecule has 0 aliphatic rings. The van der Waals surface area contributed by atoms with Gasteiger partial charge in [0.1, 0.15) is 0 Å². The Morgan fingerprint density at radius 2 is 1.04 bits per heavy atom. The second-order valence-electron chi connectivity index (χ2n) is 5.51. The number of halogens is 4. The van der Waals surface area contributed by atoms with Crippen LogP contribution in [0.3, 0.4) is 0 Å². The van der Waals surface area contributed by atoms with Crippen LogP contribution >= 0.6 is 46.4 Å². The molecule has 0 heterocycles. The van der Waals surface area contributed by atoms with Gasteiger partial charge in [-0.2, -0.15) is 0 Å². The summed E-state index contributed by atoms with van der Waals surface area (Å²) in [5.74, 6) is -1.20. The van der Waals surface area contributed by atoms with Gasteiger partial charge in [0.05, 0.1) is 21.2 Å². The Morgan fingerprint density at radius 3 is 1.46 bits per heavy atom. The molecule has 3 aromatic carbocycles. The predicted molar refractivity (Wildman–Crippen MR) is 109 cm³/mol. The molecular weight excluding hydrogens is 446 g/mol. The molecule has 0 saturated carbocycles. The standard InChI is InChI=1S/C20H10Cl4O4/c21-13-4-6-15(23)17(9-13)27-19(25)11-2-1-3-12(8-11)20(26)28-18-10-14(22)5-7-16(18)24/h1-10H. The van der Waals surface area contributed by atoms with E-state index < -0.39 is 11.9 Å². The highest BCUT2D eigenvalue weighted by molar-refractivity contribution is 6.34. The molecule has 28 heavy (non-hydrogen) atoms. The monoisotopic (exact) mass is 454 g/mol. The number of rotatable bonds is 4. The molecule has 0 aliphatic heterocycles. The van der Waals surface area contributed by atoms with Gasteiger partial charge in [0.25, 0.3) is 0 Å². The van der Waals surface area contributed by atoms with E-state index >= 15 is 0 Å². The van der Waals surface area contributed by atoms with Crippen molar-refractivity contribution in [2.24, 2.45) is 0 Å². The molecule has 0 spiro atoms. The Morgan fingerprint density at radius 1 is 0.607 bits per heavy atom. The van der Waals surface area contributed by atoms with Crippen LogP contribution < -0.4 is 9.47 Å². The van der Waals surface area contributed by atoms with Crippen LogP contribution in [-0.2, 0) is 0 Å². The first kappa shape index (κ1) is 20.5. The van der Waals surface area contributed by atoms with Gasteiger partial charge in [0, 0.05) is 22.2 Å². The lowest BCUT2D eigenvalue weighted by Gasteiger charge is -2.09. The van der Waals surface area contributed by atoms with Gasteiger partial charge in [-0.05, 0) is 42.5 Å². The normalized spacial score (nSPS) is 10.4. The van der Waals surface area contributed by atoms with Crippen molar-refractivity contribution in [3.8, 4) is 11.5 Å². The summed E-state index contributed by atoms with van der Waals surface area (Å²) < 4.78 is 10.5. The minimum atomic E-state index is -0.709. The van der Waals surface area contributed by atoms with Crippen LogP contribution in [0.2, 0.25) is 20.1 Å². The van der Waals surface area contributed by atoms with Crippen LogP contribution in [0.25, 0.3) is 0 Å². The topological polar surface area (TPSA) is 52.6 Å². The lowest BCUT2D eigenvalue weighted by Crippen LogP contribution is -2.13. The fraction of sp³-hybridized carbons (Fsp3) is 0. The highest BCUT2D eigenvalue weighted by Gasteiger charge is 2.16. The molecule has 142 valence electrons. The van der Waals surface area contributed by atoms with Crippen molar-refractivity contribution in [3.63, 3.8) is 0 Å². The molecule has 0 radical (unpaired) electrons. The second-order valence-corrected chi connectivity index (χ2v) is 7.20. The van der Waals surface area contributed by atoms with Gasteiger partial charge in [-0.3, -0.25) is 0 Å². The number of ether oxygens (including phenoxy) is 2. The van der Waals surface area contributed by atoms with Gasteiger partial charge in [0.2, 0.25) is 0 Å². The fourth-order valence-corrected chi connectivity index (χ4v) is 2.84. The summed E-state index contributed by atoms with van der Waals surface area (Å²) in [6, 6.07) is 14.8. The summed E-state index contributed by atoms with van der Waals surface area (Å²) in [6.07, 6.45) is 0. The van der Waals surface area contributed by atoms with Crippen molar-refractivity contribution in [3.05, 3.63) is 91.9 Å². The highest BCUT2D eigenvalue weighted by atomic mass is 35.5. The zero-order valence-electron chi connectivity index (χ0n) is 13.9. The number of benzene rings is 3. The molecule has 0 bridgehead atoms. The maximum atomic E-state index is 12.4. The van der Waals surface area contributed by atoms with Crippen LogP contribution in [0.15, 0.2) is 60.7 Å². The van der Waals surface area contributed by atoms with E-state index in [-0.39, 0.29) is 32.7 Å². The van der Waals surface area contributed by atoms with E-state index in [1.165, 1.54) is 48.5 Å². The molecule has 8 heteroatoms. The largest absolute Gasteiger partial charge is 0.421 e. The van der Waals surface area contributed by atoms with Crippen molar-refractivity contribution in [2.45, 2.75) is 0 Å². The van der Waals surface area contributed by atoms with Crippen molar-refractivity contribution in [1.82, 2.24) is 0 Å². The maximum absolute atomic E-state index is 12.4. The van der Waals surface area contributed by atoms with E-state index in [4.69, 9.17) is 55.9 Å². The third-order valence-corrected chi connectivity index (χ3v) is 4.62. The molecule has 0 fully saturated rings. The Bertz CT molecular complexity index is 985. The Balaban J connectivity index is 1.79. The molecule has 0 amide bonds. The SMILES string of the molecule is O=C(Oc1cc(Cl)ccc1Cl)c1cccc(C(=O)Oc2cc(Cl)ccc2Cl)c1. The number of hydrogen-bond acceptors (Lipinski definition) is 4. The van der Waals surface area contributed by atoms with Gasteiger partial charge in [-0.1, -0.05) is 52.5 Å². The van der Waals surface area contributed by atoms with Gasteiger partial charge in [0.15, 0.2) is 11.5 Å². The van der Waals surface area contributed by atoms with Crippen LogP contribution in [0.1, 0.15) is 20.7 Å². The van der Waals surface area contributed by atoms with Crippen LogP contribution in [0, 0.1) is 0 Å². The van der Waals surface area contributed by atoms with E-state index in [9.17, 15) is 9.59 Å². The average Bonchev–Trinajstić information content (AvgIpc) is 2.67. The van der Waals surface area contributed by atoms with Crippen molar-refractivity contribution < 1.29 is 19.1 Å². The second kappa shape index (κ2) is 8.84. The van der Waals surface area contributed by atoms with Gasteiger partial charge >= 0.3 is 11.9 Å². The number of carbonyl (C=O) groups excluding carboxylic acids is 2. The molecule has 0 atom stereocenters. The lowest BCUT2D eigenvalue weighted by molar-refractivity contribution is 0.0734. The Labute approximate surface area is 180 Å². The molecule has 3 aromatic rings. The molecule has 0 unspecified atom stereocenters. The minimum absolute atomic E-state index is 0.109. The Kier molecular flexibility index (Phi) is 6.47. The summed E-state index contributed by atoms with van der Waals surface area (Å²) in [7, 11) is 0. The smallest absolute Gasteiger partial charge is 0.343 e. The van der Waals surface area contributed by atoms with Crippen LogP contribution in [0.5, 0.6) is 11.5 Å². The number of esters is 2.